The lowest BCUT2D eigenvalue weighted by Crippen LogP contribution is -2.66. The number of rotatable bonds is 0. The highest BCUT2D eigenvalue weighted by molar-refractivity contribution is 9.10. The quantitative estimate of drug-likeness (QED) is 0.613. The molecule has 4 saturated carbocycles. The lowest BCUT2D eigenvalue weighted by Gasteiger charge is -2.64. The van der Waals surface area contributed by atoms with Crippen molar-refractivity contribution in [2.75, 3.05) is 6.61 Å². The minimum absolute atomic E-state index is 0.0518. The van der Waals surface area contributed by atoms with E-state index in [9.17, 15) is 10.2 Å². The Hall–Kier alpha value is 0.360. The number of fused-ring (bicyclic) bond motifs is 3. The van der Waals surface area contributed by atoms with Crippen LogP contribution in [-0.4, -0.2) is 39.5 Å². The number of hydrogen-bond donors (Lipinski definition) is 2. The predicted molar refractivity (Wildman–Crippen MR) is 95.9 cm³/mol. The molecular formula is C20H31BrO3. The molecule has 0 radical (unpaired) electrons. The lowest BCUT2D eigenvalue weighted by molar-refractivity contribution is -0.127. The van der Waals surface area contributed by atoms with Gasteiger partial charge >= 0.3 is 0 Å². The normalized spacial score (nSPS) is 65.1. The van der Waals surface area contributed by atoms with E-state index in [1.54, 1.807) is 0 Å². The van der Waals surface area contributed by atoms with Gasteiger partial charge in [-0.1, -0.05) is 29.8 Å². The zero-order chi connectivity index (χ0) is 16.9. The molecule has 1 heterocycles. The van der Waals surface area contributed by atoms with Crippen molar-refractivity contribution < 1.29 is 14.9 Å². The summed E-state index contributed by atoms with van der Waals surface area (Å²) in [6, 6.07) is 0. The Morgan fingerprint density at radius 2 is 1.83 bits per heavy atom. The predicted octanol–water partition coefficient (Wildman–Crippen LogP) is 3.50. The Kier molecular flexibility index (Phi) is 3.44. The van der Waals surface area contributed by atoms with E-state index in [4.69, 9.17) is 4.74 Å². The molecule has 4 heteroatoms. The van der Waals surface area contributed by atoms with Crippen molar-refractivity contribution in [1.82, 2.24) is 0 Å². The van der Waals surface area contributed by atoms with Gasteiger partial charge in [-0.15, -0.1) is 0 Å². The summed E-state index contributed by atoms with van der Waals surface area (Å²) in [4.78, 5) is 0. The first-order chi connectivity index (χ1) is 11.3. The summed E-state index contributed by atoms with van der Waals surface area (Å²) < 4.78 is 6.36. The van der Waals surface area contributed by atoms with E-state index in [-0.39, 0.29) is 39.4 Å². The largest absolute Gasteiger partial charge is 0.393 e. The Balaban J connectivity index is 1.57. The first-order valence-electron chi connectivity index (χ1n) is 10.0. The highest BCUT2D eigenvalue weighted by Gasteiger charge is 2.73. The van der Waals surface area contributed by atoms with Crippen LogP contribution in [0.5, 0.6) is 0 Å². The van der Waals surface area contributed by atoms with Crippen LogP contribution in [0.25, 0.3) is 0 Å². The lowest BCUT2D eigenvalue weighted by atomic mass is 9.43. The van der Waals surface area contributed by atoms with Crippen LogP contribution in [0.3, 0.4) is 0 Å². The molecule has 1 saturated heterocycles. The van der Waals surface area contributed by atoms with Gasteiger partial charge in [-0.05, 0) is 68.1 Å². The summed E-state index contributed by atoms with van der Waals surface area (Å²) in [6.07, 6.45) is 7.58. The molecule has 0 spiro atoms. The maximum Gasteiger partial charge on any atom is 0.0741 e. The van der Waals surface area contributed by atoms with Gasteiger partial charge in [-0.3, -0.25) is 0 Å². The SMILES string of the molecule is C[C@@H]1[C@@H](O)CC[C@]23CO[C@H](C[C@H]4[C@@H]5CC[C@H](O)[C@@]5(C)CC[C@@H]42)[C@@]13Br. The molecule has 5 aliphatic rings. The third-order valence-electron chi connectivity index (χ3n) is 9.48. The van der Waals surface area contributed by atoms with Gasteiger partial charge in [0.15, 0.2) is 0 Å². The zero-order valence-corrected chi connectivity index (χ0v) is 16.5. The number of ether oxygens (including phenoxy) is 1. The molecule has 10 atom stereocenters. The molecule has 24 heavy (non-hydrogen) atoms. The highest BCUT2D eigenvalue weighted by atomic mass is 79.9. The third-order valence-corrected chi connectivity index (χ3v) is 11.5. The summed E-state index contributed by atoms with van der Waals surface area (Å²) in [7, 11) is 0. The second-order valence-corrected chi connectivity index (χ2v) is 11.2. The summed E-state index contributed by atoms with van der Waals surface area (Å²) in [5.74, 6) is 2.30. The molecule has 0 unspecified atom stereocenters. The van der Waals surface area contributed by atoms with Gasteiger partial charge in [0.05, 0.1) is 29.2 Å². The maximum atomic E-state index is 10.6. The van der Waals surface area contributed by atoms with Crippen molar-refractivity contribution in [3.8, 4) is 0 Å². The van der Waals surface area contributed by atoms with Gasteiger partial charge in [0.1, 0.15) is 0 Å². The molecular weight excluding hydrogens is 368 g/mol. The summed E-state index contributed by atoms with van der Waals surface area (Å²) in [5, 5.41) is 21.2. The van der Waals surface area contributed by atoms with Crippen LogP contribution in [0.2, 0.25) is 0 Å². The maximum absolute atomic E-state index is 10.6. The van der Waals surface area contributed by atoms with Crippen molar-refractivity contribution in [3.63, 3.8) is 0 Å². The van der Waals surface area contributed by atoms with Gasteiger partial charge in [-0.25, -0.2) is 0 Å². The minimum Gasteiger partial charge on any atom is -0.393 e. The molecule has 0 aromatic carbocycles. The van der Waals surface area contributed by atoms with Gasteiger partial charge in [0, 0.05) is 11.3 Å². The van der Waals surface area contributed by atoms with E-state index in [1.807, 2.05) is 0 Å². The smallest absolute Gasteiger partial charge is 0.0741 e. The van der Waals surface area contributed by atoms with Crippen LogP contribution in [0.1, 0.15) is 58.8 Å². The first-order valence-corrected chi connectivity index (χ1v) is 10.8. The van der Waals surface area contributed by atoms with Gasteiger partial charge < -0.3 is 14.9 Å². The van der Waals surface area contributed by atoms with Crippen LogP contribution < -0.4 is 0 Å². The van der Waals surface area contributed by atoms with Crippen LogP contribution in [0, 0.1) is 34.5 Å². The van der Waals surface area contributed by atoms with Crippen molar-refractivity contribution >= 4 is 15.9 Å². The number of aliphatic hydroxyl groups excluding tert-OH is 2. The van der Waals surface area contributed by atoms with Gasteiger partial charge in [0.2, 0.25) is 0 Å². The Morgan fingerprint density at radius 1 is 1.04 bits per heavy atom. The fourth-order valence-electron chi connectivity index (χ4n) is 8.09. The average molecular weight is 399 g/mol. The molecule has 0 amide bonds. The zero-order valence-electron chi connectivity index (χ0n) is 14.9. The molecule has 4 aliphatic carbocycles. The molecule has 5 fully saturated rings. The van der Waals surface area contributed by atoms with Crippen molar-refractivity contribution in [3.05, 3.63) is 0 Å². The number of alkyl halides is 1. The molecule has 1 aliphatic heterocycles. The topological polar surface area (TPSA) is 49.7 Å². The average Bonchev–Trinajstić information content (AvgIpc) is 2.95. The first kappa shape index (κ1) is 16.5. The summed E-state index contributed by atoms with van der Waals surface area (Å²) >= 11 is 4.19. The molecule has 2 N–H and O–H groups in total. The summed E-state index contributed by atoms with van der Waals surface area (Å²) in [5.41, 5.74) is 0.317. The van der Waals surface area contributed by atoms with Gasteiger partial charge in [-0.2, -0.15) is 0 Å². The number of hydrogen-bond acceptors (Lipinski definition) is 3. The standard InChI is InChI=1S/C20H31BrO3/c1-11-15(22)6-8-19-10-24-17(20(11,19)21)9-12-13-3-4-16(23)18(13,2)7-5-14(12)19/h11-17,22-23H,3-10H2,1-2H3/t11-,12+,13+,14+,15+,16+,17-,18+,19+,20+/m1/s1. The van der Waals surface area contributed by atoms with Crippen molar-refractivity contribution in [2.24, 2.45) is 34.5 Å². The molecule has 0 aromatic rings. The second kappa shape index (κ2) is 4.99. The van der Waals surface area contributed by atoms with Crippen molar-refractivity contribution in [1.29, 1.82) is 0 Å². The number of aliphatic hydroxyl groups is 2. The van der Waals surface area contributed by atoms with Crippen LogP contribution in [0.4, 0.5) is 0 Å². The molecule has 0 aromatic heterocycles. The van der Waals surface area contributed by atoms with Crippen LogP contribution in [0.15, 0.2) is 0 Å². The minimum atomic E-state index is -0.208. The van der Waals surface area contributed by atoms with Crippen LogP contribution >= 0.6 is 15.9 Å². The van der Waals surface area contributed by atoms with E-state index in [0.29, 0.717) is 17.8 Å². The Bertz CT molecular complexity index is 555. The van der Waals surface area contributed by atoms with E-state index < -0.39 is 0 Å². The van der Waals surface area contributed by atoms with E-state index in [1.165, 1.54) is 12.8 Å². The molecule has 5 rings (SSSR count). The fraction of sp³-hybridized carbons (Fsp3) is 1.00. The fourth-order valence-corrected chi connectivity index (χ4v) is 9.32. The Labute approximate surface area is 153 Å². The molecule has 2 bridgehead atoms. The molecule has 136 valence electrons. The Morgan fingerprint density at radius 3 is 2.62 bits per heavy atom. The van der Waals surface area contributed by atoms with E-state index in [2.05, 4.69) is 29.8 Å². The molecule has 3 nitrogen and oxygen atoms in total. The monoisotopic (exact) mass is 398 g/mol. The summed E-state index contributed by atoms with van der Waals surface area (Å²) in [6.45, 7) is 5.43. The van der Waals surface area contributed by atoms with Crippen molar-refractivity contribution in [2.45, 2.75) is 81.4 Å². The highest BCUT2D eigenvalue weighted by Crippen LogP contribution is 2.73. The van der Waals surface area contributed by atoms with E-state index >= 15 is 0 Å². The van der Waals surface area contributed by atoms with E-state index in [0.717, 1.165) is 38.7 Å². The second-order valence-electron chi connectivity index (χ2n) is 9.87. The van der Waals surface area contributed by atoms with Gasteiger partial charge in [0.25, 0.3) is 0 Å². The van der Waals surface area contributed by atoms with Crippen LogP contribution in [-0.2, 0) is 4.74 Å². The third kappa shape index (κ3) is 1.66. The number of halogens is 1.